The van der Waals surface area contributed by atoms with Gasteiger partial charge in [0.1, 0.15) is 5.69 Å². The van der Waals surface area contributed by atoms with Crippen molar-refractivity contribution in [3.63, 3.8) is 0 Å². The van der Waals surface area contributed by atoms with Gasteiger partial charge in [0.25, 0.3) is 0 Å². The highest BCUT2D eigenvalue weighted by Gasteiger charge is 2.04. The Kier molecular flexibility index (Phi) is 5.09. The molecule has 0 saturated carbocycles. The quantitative estimate of drug-likeness (QED) is 0.787. The summed E-state index contributed by atoms with van der Waals surface area (Å²) in [4.78, 5) is 2.14. The highest BCUT2D eigenvalue weighted by atomic mass is 16.3. The molecule has 0 aliphatic carbocycles. The van der Waals surface area contributed by atoms with Gasteiger partial charge in [0.15, 0.2) is 0 Å². The average Bonchev–Trinajstić information content (AvgIpc) is 2.85. The smallest absolute Gasteiger partial charge is 0.102 e. The van der Waals surface area contributed by atoms with Crippen LogP contribution >= 0.6 is 0 Å². The number of anilines is 1. The molecule has 108 valence electrons. The van der Waals surface area contributed by atoms with Gasteiger partial charge in [0, 0.05) is 12.2 Å². The third-order valence-corrected chi connectivity index (χ3v) is 2.88. The van der Waals surface area contributed by atoms with Gasteiger partial charge in [-0.05, 0) is 25.7 Å². The molecular formula is C14H21N5O. The lowest BCUT2D eigenvalue weighted by Crippen LogP contribution is -2.13. The molecule has 2 rings (SSSR count). The lowest BCUT2D eigenvalue weighted by Gasteiger charge is -2.14. The fourth-order valence-electron chi connectivity index (χ4n) is 1.99. The van der Waals surface area contributed by atoms with Crippen molar-refractivity contribution in [1.82, 2.24) is 19.9 Å². The average molecular weight is 275 g/mol. The van der Waals surface area contributed by atoms with E-state index in [0.717, 1.165) is 17.9 Å². The van der Waals surface area contributed by atoms with Gasteiger partial charge in [0.2, 0.25) is 0 Å². The monoisotopic (exact) mass is 275 g/mol. The third-order valence-electron chi connectivity index (χ3n) is 2.88. The van der Waals surface area contributed by atoms with E-state index in [1.54, 1.807) is 4.68 Å². The molecule has 6 nitrogen and oxygen atoms in total. The number of aromatic nitrogens is 3. The van der Waals surface area contributed by atoms with Crippen LogP contribution in [0.2, 0.25) is 0 Å². The molecule has 0 amide bonds. The minimum absolute atomic E-state index is 0.0713. The molecule has 0 radical (unpaired) electrons. The molecule has 0 spiro atoms. The molecular weight excluding hydrogens is 254 g/mol. The van der Waals surface area contributed by atoms with Gasteiger partial charge >= 0.3 is 0 Å². The Labute approximate surface area is 119 Å². The molecule has 0 atom stereocenters. The normalized spacial score (nSPS) is 11.0. The number of rotatable bonds is 7. The molecule has 0 aliphatic heterocycles. The van der Waals surface area contributed by atoms with Crippen LogP contribution in [0.25, 0.3) is 0 Å². The zero-order chi connectivity index (χ0) is 14.4. The van der Waals surface area contributed by atoms with Gasteiger partial charge in [-0.1, -0.05) is 23.4 Å². The first kappa shape index (κ1) is 14.5. The molecule has 0 fully saturated rings. The summed E-state index contributed by atoms with van der Waals surface area (Å²) in [6.07, 6.45) is 1.85. The van der Waals surface area contributed by atoms with Crippen LogP contribution in [0.1, 0.15) is 11.3 Å². The van der Waals surface area contributed by atoms with Gasteiger partial charge in [-0.3, -0.25) is 0 Å². The largest absolute Gasteiger partial charge is 0.394 e. The SMILES string of the molecule is CN(C)Cc1ccccc1NCc1cn(CCO)nn1. The Hall–Kier alpha value is -1.92. The minimum Gasteiger partial charge on any atom is -0.394 e. The van der Waals surface area contributed by atoms with Crippen LogP contribution in [0.15, 0.2) is 30.5 Å². The molecule has 0 unspecified atom stereocenters. The van der Waals surface area contributed by atoms with Crippen LogP contribution in [0.3, 0.4) is 0 Å². The molecule has 1 aromatic carbocycles. The predicted molar refractivity (Wildman–Crippen MR) is 78.3 cm³/mol. The van der Waals surface area contributed by atoms with Crippen LogP contribution in [0.5, 0.6) is 0 Å². The molecule has 2 N–H and O–H groups in total. The summed E-state index contributed by atoms with van der Waals surface area (Å²) in [5.74, 6) is 0. The van der Waals surface area contributed by atoms with Crippen molar-refractivity contribution in [2.75, 3.05) is 26.0 Å². The van der Waals surface area contributed by atoms with Gasteiger partial charge in [-0.15, -0.1) is 5.10 Å². The molecule has 0 aliphatic rings. The third kappa shape index (κ3) is 4.04. The maximum atomic E-state index is 8.85. The summed E-state index contributed by atoms with van der Waals surface area (Å²) in [5, 5.41) is 20.3. The van der Waals surface area contributed by atoms with E-state index in [2.05, 4.69) is 46.8 Å². The molecule has 2 aromatic rings. The summed E-state index contributed by atoms with van der Waals surface area (Å²) in [7, 11) is 4.11. The van der Waals surface area contributed by atoms with Crippen molar-refractivity contribution in [2.24, 2.45) is 0 Å². The standard InChI is InChI=1S/C14H21N5O/c1-18(2)10-12-5-3-4-6-14(12)15-9-13-11-19(7-8-20)17-16-13/h3-6,11,15,20H,7-10H2,1-2H3. The van der Waals surface area contributed by atoms with E-state index >= 15 is 0 Å². The van der Waals surface area contributed by atoms with Crippen LogP contribution in [-0.2, 0) is 19.6 Å². The molecule has 0 saturated heterocycles. The summed E-state index contributed by atoms with van der Waals surface area (Å²) < 4.78 is 1.64. The second-order valence-electron chi connectivity index (χ2n) is 4.95. The second kappa shape index (κ2) is 7.02. The van der Waals surface area contributed by atoms with Gasteiger partial charge in [-0.2, -0.15) is 0 Å². The molecule has 1 heterocycles. The van der Waals surface area contributed by atoms with E-state index in [4.69, 9.17) is 5.11 Å². The molecule has 20 heavy (non-hydrogen) atoms. The number of aliphatic hydroxyl groups excluding tert-OH is 1. The van der Waals surface area contributed by atoms with E-state index < -0.39 is 0 Å². The van der Waals surface area contributed by atoms with Gasteiger partial charge in [-0.25, -0.2) is 4.68 Å². The van der Waals surface area contributed by atoms with Crippen molar-refractivity contribution in [3.8, 4) is 0 Å². The van der Waals surface area contributed by atoms with Crippen molar-refractivity contribution in [2.45, 2.75) is 19.6 Å². The van der Waals surface area contributed by atoms with Gasteiger partial charge < -0.3 is 15.3 Å². The van der Waals surface area contributed by atoms with Crippen molar-refractivity contribution >= 4 is 5.69 Å². The fourth-order valence-corrected chi connectivity index (χ4v) is 1.99. The first-order chi connectivity index (χ1) is 9.69. The number of nitrogens with one attached hydrogen (secondary N) is 1. The Bertz CT molecular complexity index is 538. The van der Waals surface area contributed by atoms with Crippen molar-refractivity contribution < 1.29 is 5.11 Å². The zero-order valence-electron chi connectivity index (χ0n) is 12.0. The maximum absolute atomic E-state index is 8.85. The zero-order valence-corrected chi connectivity index (χ0v) is 12.0. The summed E-state index contributed by atoms with van der Waals surface area (Å²) in [6, 6.07) is 8.24. The van der Waals surface area contributed by atoms with Crippen LogP contribution in [0, 0.1) is 0 Å². The van der Waals surface area contributed by atoms with E-state index in [0.29, 0.717) is 13.1 Å². The fraction of sp³-hybridized carbons (Fsp3) is 0.429. The van der Waals surface area contributed by atoms with Crippen LogP contribution < -0.4 is 5.32 Å². The number of benzene rings is 1. The number of hydrogen-bond donors (Lipinski definition) is 2. The molecule has 6 heteroatoms. The lowest BCUT2D eigenvalue weighted by molar-refractivity contribution is 0.268. The minimum atomic E-state index is 0.0713. The summed E-state index contributed by atoms with van der Waals surface area (Å²) in [5.41, 5.74) is 3.22. The number of aliphatic hydroxyl groups is 1. The molecule has 0 bridgehead atoms. The van der Waals surface area contributed by atoms with E-state index in [-0.39, 0.29) is 6.61 Å². The second-order valence-corrected chi connectivity index (χ2v) is 4.95. The van der Waals surface area contributed by atoms with Crippen LogP contribution in [-0.4, -0.2) is 45.7 Å². The first-order valence-corrected chi connectivity index (χ1v) is 6.65. The summed E-state index contributed by atoms with van der Waals surface area (Å²) >= 11 is 0. The highest BCUT2D eigenvalue weighted by Crippen LogP contribution is 2.16. The Balaban J connectivity index is 1.99. The lowest BCUT2D eigenvalue weighted by atomic mass is 10.1. The first-order valence-electron chi connectivity index (χ1n) is 6.65. The molecule has 1 aromatic heterocycles. The highest BCUT2D eigenvalue weighted by molar-refractivity contribution is 5.51. The van der Waals surface area contributed by atoms with Crippen molar-refractivity contribution in [1.29, 1.82) is 0 Å². The van der Waals surface area contributed by atoms with E-state index in [1.165, 1.54) is 5.56 Å². The van der Waals surface area contributed by atoms with Crippen molar-refractivity contribution in [3.05, 3.63) is 41.7 Å². The summed E-state index contributed by atoms with van der Waals surface area (Å²) in [6.45, 7) is 2.06. The van der Waals surface area contributed by atoms with E-state index in [1.807, 2.05) is 18.3 Å². The Morgan fingerprint density at radius 1 is 1.30 bits per heavy atom. The predicted octanol–water partition coefficient (Wildman–Crippen LogP) is 0.944. The Morgan fingerprint density at radius 3 is 2.85 bits per heavy atom. The maximum Gasteiger partial charge on any atom is 0.102 e. The van der Waals surface area contributed by atoms with Crippen LogP contribution in [0.4, 0.5) is 5.69 Å². The number of hydrogen-bond acceptors (Lipinski definition) is 5. The number of nitrogens with zero attached hydrogens (tertiary/aromatic N) is 4. The van der Waals surface area contributed by atoms with Gasteiger partial charge in [0.05, 0.1) is 25.9 Å². The Morgan fingerprint density at radius 2 is 2.10 bits per heavy atom. The van der Waals surface area contributed by atoms with E-state index in [9.17, 15) is 0 Å². The topological polar surface area (TPSA) is 66.2 Å². The number of para-hydroxylation sites is 1.